The standard InChI is InChI=1S/C11H15N3/c1-3-9-10-6-4-5-7-14(10)13-11(9)8(2)12/h4-8H,3,12H2,1-2H3. The minimum absolute atomic E-state index is 0.00449. The van der Waals surface area contributed by atoms with E-state index < -0.39 is 0 Å². The van der Waals surface area contributed by atoms with E-state index in [1.54, 1.807) is 0 Å². The highest BCUT2D eigenvalue weighted by atomic mass is 15.2. The summed E-state index contributed by atoms with van der Waals surface area (Å²) in [4.78, 5) is 0. The summed E-state index contributed by atoms with van der Waals surface area (Å²) in [5, 5.41) is 4.47. The maximum atomic E-state index is 5.88. The summed E-state index contributed by atoms with van der Waals surface area (Å²) in [6, 6.07) is 6.09. The molecule has 2 rings (SSSR count). The van der Waals surface area contributed by atoms with Crippen molar-refractivity contribution in [1.29, 1.82) is 0 Å². The van der Waals surface area contributed by atoms with Crippen molar-refractivity contribution >= 4 is 5.52 Å². The molecule has 3 nitrogen and oxygen atoms in total. The Hall–Kier alpha value is -1.35. The Morgan fingerprint density at radius 3 is 2.93 bits per heavy atom. The number of nitrogens with zero attached hydrogens (tertiary/aromatic N) is 2. The van der Waals surface area contributed by atoms with Gasteiger partial charge in [0.2, 0.25) is 0 Å². The second-order valence-corrected chi connectivity index (χ2v) is 3.54. The zero-order valence-electron chi connectivity index (χ0n) is 8.57. The van der Waals surface area contributed by atoms with Gasteiger partial charge in [-0.1, -0.05) is 13.0 Å². The van der Waals surface area contributed by atoms with Crippen LogP contribution in [0, 0.1) is 0 Å². The summed E-state index contributed by atoms with van der Waals surface area (Å²) in [6.45, 7) is 4.11. The Labute approximate surface area is 83.5 Å². The molecule has 2 aromatic rings. The van der Waals surface area contributed by atoms with Gasteiger partial charge in [0.25, 0.3) is 0 Å². The maximum absolute atomic E-state index is 5.88. The summed E-state index contributed by atoms with van der Waals surface area (Å²) in [6.07, 6.45) is 2.94. The predicted octanol–water partition coefficient (Wildman–Crippen LogP) is 1.92. The number of nitrogens with two attached hydrogens (primary N) is 1. The van der Waals surface area contributed by atoms with Crippen LogP contribution in [-0.4, -0.2) is 9.61 Å². The highest BCUT2D eigenvalue weighted by Gasteiger charge is 2.13. The van der Waals surface area contributed by atoms with Crippen LogP contribution < -0.4 is 5.73 Å². The fraction of sp³-hybridized carbons (Fsp3) is 0.364. The van der Waals surface area contributed by atoms with Crippen molar-refractivity contribution in [2.24, 2.45) is 5.73 Å². The SMILES string of the molecule is CCc1c(C(C)N)nn2ccccc12. The van der Waals surface area contributed by atoms with E-state index in [0.717, 1.165) is 12.1 Å². The summed E-state index contributed by atoms with van der Waals surface area (Å²) in [7, 11) is 0. The highest BCUT2D eigenvalue weighted by Crippen LogP contribution is 2.20. The number of fused-ring (bicyclic) bond motifs is 1. The third-order valence-corrected chi connectivity index (χ3v) is 2.46. The van der Waals surface area contributed by atoms with Crippen LogP contribution in [0.15, 0.2) is 24.4 Å². The van der Waals surface area contributed by atoms with Crippen LogP contribution in [0.1, 0.15) is 31.1 Å². The van der Waals surface area contributed by atoms with Gasteiger partial charge in [-0.3, -0.25) is 0 Å². The summed E-state index contributed by atoms with van der Waals surface area (Å²) in [5.41, 5.74) is 9.32. The number of pyridine rings is 1. The Balaban J connectivity index is 2.72. The van der Waals surface area contributed by atoms with Crippen molar-refractivity contribution in [2.45, 2.75) is 26.3 Å². The second kappa shape index (κ2) is 3.42. The van der Waals surface area contributed by atoms with Gasteiger partial charge in [-0.15, -0.1) is 0 Å². The van der Waals surface area contributed by atoms with E-state index in [4.69, 9.17) is 5.73 Å². The molecular weight excluding hydrogens is 174 g/mol. The molecule has 0 spiro atoms. The van der Waals surface area contributed by atoms with Gasteiger partial charge >= 0.3 is 0 Å². The summed E-state index contributed by atoms with van der Waals surface area (Å²) in [5.74, 6) is 0. The summed E-state index contributed by atoms with van der Waals surface area (Å²) >= 11 is 0. The third kappa shape index (κ3) is 1.30. The lowest BCUT2D eigenvalue weighted by Crippen LogP contribution is -2.07. The molecule has 0 saturated carbocycles. The van der Waals surface area contributed by atoms with Crippen molar-refractivity contribution in [3.05, 3.63) is 35.7 Å². The molecule has 2 aromatic heterocycles. The van der Waals surface area contributed by atoms with E-state index in [0.29, 0.717) is 0 Å². The molecular formula is C11H15N3. The zero-order valence-corrected chi connectivity index (χ0v) is 8.57. The van der Waals surface area contributed by atoms with E-state index in [-0.39, 0.29) is 6.04 Å². The van der Waals surface area contributed by atoms with Crippen LogP contribution in [0.4, 0.5) is 0 Å². The molecule has 0 fully saturated rings. The molecule has 0 aliphatic rings. The lowest BCUT2D eigenvalue weighted by molar-refractivity contribution is 0.747. The fourth-order valence-electron chi connectivity index (χ4n) is 1.80. The molecule has 1 unspecified atom stereocenters. The van der Waals surface area contributed by atoms with Crippen LogP contribution in [0.2, 0.25) is 0 Å². The van der Waals surface area contributed by atoms with E-state index in [2.05, 4.69) is 18.1 Å². The topological polar surface area (TPSA) is 43.3 Å². The molecule has 3 heteroatoms. The van der Waals surface area contributed by atoms with Crippen LogP contribution in [0.25, 0.3) is 5.52 Å². The largest absolute Gasteiger partial charge is 0.323 e. The zero-order chi connectivity index (χ0) is 10.1. The summed E-state index contributed by atoms with van der Waals surface area (Å²) < 4.78 is 1.90. The van der Waals surface area contributed by atoms with Gasteiger partial charge in [0, 0.05) is 17.8 Å². The molecule has 2 N–H and O–H groups in total. The van der Waals surface area contributed by atoms with Gasteiger partial charge in [0.05, 0.1) is 11.2 Å². The van der Waals surface area contributed by atoms with Gasteiger partial charge < -0.3 is 5.73 Å². The van der Waals surface area contributed by atoms with E-state index in [1.165, 1.54) is 11.1 Å². The van der Waals surface area contributed by atoms with Crippen LogP contribution in [-0.2, 0) is 6.42 Å². The molecule has 74 valence electrons. The molecule has 0 bridgehead atoms. The lowest BCUT2D eigenvalue weighted by atomic mass is 10.1. The first-order valence-electron chi connectivity index (χ1n) is 4.95. The lowest BCUT2D eigenvalue weighted by Gasteiger charge is -2.02. The Bertz CT molecular complexity index is 443. The average Bonchev–Trinajstić information content (AvgIpc) is 2.56. The fourth-order valence-corrected chi connectivity index (χ4v) is 1.80. The van der Waals surface area contributed by atoms with E-state index in [1.807, 2.05) is 29.8 Å². The molecule has 0 aliphatic carbocycles. The number of aromatic nitrogens is 2. The van der Waals surface area contributed by atoms with Crippen molar-refractivity contribution in [3.63, 3.8) is 0 Å². The van der Waals surface area contributed by atoms with Gasteiger partial charge in [0.1, 0.15) is 0 Å². The van der Waals surface area contributed by atoms with Gasteiger partial charge in [0.15, 0.2) is 0 Å². The number of rotatable bonds is 2. The maximum Gasteiger partial charge on any atom is 0.0831 e. The quantitative estimate of drug-likeness (QED) is 0.784. The Morgan fingerprint density at radius 1 is 1.50 bits per heavy atom. The second-order valence-electron chi connectivity index (χ2n) is 3.54. The highest BCUT2D eigenvalue weighted by molar-refractivity contribution is 5.56. The monoisotopic (exact) mass is 189 g/mol. The van der Waals surface area contributed by atoms with Crippen LogP contribution >= 0.6 is 0 Å². The molecule has 0 radical (unpaired) electrons. The van der Waals surface area contributed by atoms with Crippen molar-refractivity contribution in [2.75, 3.05) is 0 Å². The smallest absolute Gasteiger partial charge is 0.0831 e. The van der Waals surface area contributed by atoms with Crippen molar-refractivity contribution in [3.8, 4) is 0 Å². The number of hydrogen-bond donors (Lipinski definition) is 1. The van der Waals surface area contributed by atoms with Crippen LogP contribution in [0.5, 0.6) is 0 Å². The normalized spacial score (nSPS) is 13.4. The molecule has 14 heavy (non-hydrogen) atoms. The third-order valence-electron chi connectivity index (χ3n) is 2.46. The Kier molecular flexibility index (Phi) is 2.25. The minimum Gasteiger partial charge on any atom is -0.323 e. The first-order valence-corrected chi connectivity index (χ1v) is 4.95. The molecule has 0 aromatic carbocycles. The predicted molar refractivity (Wildman–Crippen MR) is 57.2 cm³/mol. The Morgan fingerprint density at radius 2 is 2.29 bits per heavy atom. The van der Waals surface area contributed by atoms with Crippen molar-refractivity contribution < 1.29 is 0 Å². The van der Waals surface area contributed by atoms with Gasteiger partial charge in [-0.05, 0) is 25.5 Å². The van der Waals surface area contributed by atoms with Gasteiger partial charge in [-0.2, -0.15) is 5.10 Å². The van der Waals surface area contributed by atoms with E-state index >= 15 is 0 Å². The first-order chi connectivity index (χ1) is 6.74. The molecule has 1 atom stereocenters. The average molecular weight is 189 g/mol. The molecule has 2 heterocycles. The number of hydrogen-bond acceptors (Lipinski definition) is 2. The van der Waals surface area contributed by atoms with Crippen LogP contribution in [0.3, 0.4) is 0 Å². The molecule has 0 saturated heterocycles. The van der Waals surface area contributed by atoms with Gasteiger partial charge in [-0.25, -0.2) is 4.52 Å². The van der Waals surface area contributed by atoms with E-state index in [9.17, 15) is 0 Å². The molecule has 0 amide bonds. The molecule has 0 aliphatic heterocycles. The number of aryl methyl sites for hydroxylation is 1. The minimum atomic E-state index is 0.00449. The first kappa shape index (κ1) is 9.21. The van der Waals surface area contributed by atoms with Crippen molar-refractivity contribution in [1.82, 2.24) is 9.61 Å².